The number of allylic oxidation sites excluding steroid dienone is 1. The van der Waals surface area contributed by atoms with Crippen molar-refractivity contribution in [3.05, 3.63) is 87.6 Å². The van der Waals surface area contributed by atoms with Crippen LogP contribution in [0, 0.1) is 5.82 Å². The van der Waals surface area contributed by atoms with E-state index in [2.05, 4.69) is 25.6 Å². The molecule has 0 amide bonds. The monoisotopic (exact) mass is 587 g/mol. The molecule has 4 aromatic rings. The van der Waals surface area contributed by atoms with Crippen molar-refractivity contribution in [2.75, 3.05) is 42.7 Å². The minimum Gasteiger partial charge on any atom is -0.367 e. The van der Waals surface area contributed by atoms with Crippen LogP contribution in [-0.2, 0) is 16.4 Å². The Morgan fingerprint density at radius 1 is 1.10 bits per heavy atom. The number of nitrogens with one attached hydrogen (secondary N) is 2. The van der Waals surface area contributed by atoms with Crippen LogP contribution in [0.3, 0.4) is 0 Å². The van der Waals surface area contributed by atoms with E-state index in [1.165, 1.54) is 16.7 Å². The molecular weight excluding hydrogens is 557 g/mol. The zero-order valence-corrected chi connectivity index (χ0v) is 24.1. The molecule has 2 N–H and O–H groups in total. The predicted molar refractivity (Wildman–Crippen MR) is 163 cm³/mol. The summed E-state index contributed by atoms with van der Waals surface area (Å²) in [4.78, 5) is 29.6. The molecule has 4 heterocycles. The number of hydrogen-bond acceptors (Lipinski definition) is 9. The van der Waals surface area contributed by atoms with Gasteiger partial charge < -0.3 is 15.5 Å². The number of benzene rings is 2. The lowest BCUT2D eigenvalue weighted by Crippen LogP contribution is -2.43. The second-order valence-corrected chi connectivity index (χ2v) is 12.5. The Morgan fingerprint density at radius 2 is 1.88 bits per heavy atom. The summed E-state index contributed by atoms with van der Waals surface area (Å²) in [5.41, 5.74) is 3.35. The molecule has 0 spiro atoms. The molecule has 0 radical (unpaired) electrons. The Hall–Kier alpha value is -4.42. The first-order valence-corrected chi connectivity index (χ1v) is 15.5. The summed E-state index contributed by atoms with van der Waals surface area (Å²) in [6, 6.07) is 13.2. The maximum Gasteiger partial charge on any atom is 0.261 e. The van der Waals surface area contributed by atoms with E-state index < -0.39 is 9.84 Å². The number of aliphatic imine (C=N–C) groups is 1. The van der Waals surface area contributed by atoms with Gasteiger partial charge in [0.15, 0.2) is 9.84 Å². The van der Waals surface area contributed by atoms with Gasteiger partial charge >= 0.3 is 0 Å². The summed E-state index contributed by atoms with van der Waals surface area (Å²) in [7, 11) is -3.55. The van der Waals surface area contributed by atoms with Gasteiger partial charge in [0.25, 0.3) is 5.56 Å². The van der Waals surface area contributed by atoms with Crippen LogP contribution in [0.1, 0.15) is 24.5 Å². The van der Waals surface area contributed by atoms with E-state index in [9.17, 15) is 13.2 Å². The van der Waals surface area contributed by atoms with Crippen LogP contribution in [0.15, 0.2) is 75.0 Å². The summed E-state index contributed by atoms with van der Waals surface area (Å²) < 4.78 is 41.6. The molecule has 216 valence electrons. The smallest absolute Gasteiger partial charge is 0.261 e. The molecule has 42 heavy (non-hydrogen) atoms. The normalized spacial score (nSPS) is 15.5. The van der Waals surface area contributed by atoms with Gasteiger partial charge in [0, 0.05) is 62.3 Å². The van der Waals surface area contributed by atoms with Crippen LogP contribution in [0.2, 0.25) is 0 Å². The zero-order chi connectivity index (χ0) is 29.4. The van der Waals surface area contributed by atoms with Crippen LogP contribution in [0.5, 0.6) is 0 Å². The number of aromatic nitrogens is 3. The second-order valence-electron chi connectivity index (χ2n) is 10.5. The van der Waals surface area contributed by atoms with E-state index in [4.69, 9.17) is 0 Å². The lowest BCUT2D eigenvalue weighted by Gasteiger charge is -2.29. The minimum atomic E-state index is -3.55. The van der Waals surface area contributed by atoms with Crippen LogP contribution >= 0.6 is 0 Å². The Balaban J connectivity index is 1.43. The maximum atomic E-state index is 15.1. The van der Waals surface area contributed by atoms with Crippen molar-refractivity contribution in [1.29, 1.82) is 0 Å². The molecule has 2 aliphatic heterocycles. The van der Waals surface area contributed by atoms with Crippen molar-refractivity contribution in [2.24, 2.45) is 4.99 Å². The van der Waals surface area contributed by atoms with Gasteiger partial charge in [0.1, 0.15) is 11.5 Å². The average Bonchev–Trinajstić information content (AvgIpc) is 3.40. The second kappa shape index (κ2) is 11.1. The molecule has 0 bridgehead atoms. The van der Waals surface area contributed by atoms with Crippen LogP contribution in [-0.4, -0.2) is 61.6 Å². The first-order chi connectivity index (χ1) is 20.2. The van der Waals surface area contributed by atoms with Crippen LogP contribution < -0.4 is 21.1 Å². The molecule has 10 nitrogen and oxygen atoms in total. The molecule has 0 aliphatic carbocycles. The Kier molecular flexibility index (Phi) is 7.33. The predicted octanol–water partition coefficient (Wildman–Crippen LogP) is 3.74. The van der Waals surface area contributed by atoms with Crippen LogP contribution in [0.25, 0.3) is 16.7 Å². The topological polar surface area (TPSA) is 122 Å². The number of hydrogen-bond donors (Lipinski definition) is 2. The molecule has 0 saturated carbocycles. The number of pyridine rings is 1. The molecule has 1 saturated heterocycles. The van der Waals surface area contributed by atoms with Gasteiger partial charge in [-0.05, 0) is 48.4 Å². The third-order valence-electron chi connectivity index (χ3n) is 7.47. The van der Waals surface area contributed by atoms with Crippen molar-refractivity contribution < 1.29 is 12.8 Å². The average molecular weight is 588 g/mol. The van der Waals surface area contributed by atoms with E-state index in [-0.39, 0.29) is 28.8 Å². The minimum absolute atomic E-state index is 0.0348. The van der Waals surface area contributed by atoms with Gasteiger partial charge in [-0.1, -0.05) is 18.2 Å². The van der Waals surface area contributed by atoms with Gasteiger partial charge in [-0.15, -0.1) is 0 Å². The highest BCUT2D eigenvalue weighted by Crippen LogP contribution is 2.28. The molecule has 2 aliphatic rings. The highest BCUT2D eigenvalue weighted by molar-refractivity contribution is 7.90. The summed E-state index contributed by atoms with van der Waals surface area (Å²) in [5.74, 6) is -0.189. The van der Waals surface area contributed by atoms with Crippen LogP contribution in [0.4, 0.5) is 21.7 Å². The summed E-state index contributed by atoms with van der Waals surface area (Å²) in [5, 5.41) is 6.89. The molecule has 2 aromatic heterocycles. The highest BCUT2D eigenvalue weighted by atomic mass is 32.2. The third-order valence-corrected chi connectivity index (χ3v) is 8.66. The summed E-state index contributed by atoms with van der Waals surface area (Å²) >= 11 is 0. The number of nitrogens with zero attached hydrogens (tertiary/aromatic N) is 5. The largest absolute Gasteiger partial charge is 0.367 e. The Labute approximate surface area is 242 Å². The number of halogens is 1. The van der Waals surface area contributed by atoms with E-state index in [1.54, 1.807) is 48.8 Å². The number of anilines is 3. The first-order valence-electron chi connectivity index (χ1n) is 13.6. The van der Waals surface area contributed by atoms with Gasteiger partial charge in [0.2, 0.25) is 5.95 Å². The molecular formula is C30H30FN7O3S. The van der Waals surface area contributed by atoms with E-state index in [0.717, 1.165) is 38.0 Å². The first kappa shape index (κ1) is 27.7. The summed E-state index contributed by atoms with van der Waals surface area (Å²) in [6.45, 7) is 4.93. The Morgan fingerprint density at radius 3 is 2.60 bits per heavy atom. The van der Waals surface area contributed by atoms with Gasteiger partial charge in [-0.25, -0.2) is 17.8 Å². The molecule has 2 aromatic carbocycles. The standard InChI is InChI=1S/C30H30FN7O3S/c1-19-9-10-33-27(19)23-15-21-17-34-30(35-22-7-8-25(24(31)16-22)37-13-11-32-12-14-37)36-28(21)38(29(23)39)18-20-5-3-4-6-26(20)42(2,40)41/h3-8,10,15-17,32H,9,11-14,18H2,1-2H3,(H,34,35,36). The fourth-order valence-electron chi connectivity index (χ4n) is 5.36. The van der Waals surface area contributed by atoms with Crippen molar-refractivity contribution >= 4 is 50.1 Å². The number of piperazine rings is 1. The van der Waals surface area contributed by atoms with Crippen molar-refractivity contribution in [3.63, 3.8) is 0 Å². The van der Waals surface area contributed by atoms with Crippen molar-refractivity contribution in [2.45, 2.75) is 24.8 Å². The molecule has 6 rings (SSSR count). The fourth-order valence-corrected chi connectivity index (χ4v) is 6.29. The van der Waals surface area contributed by atoms with E-state index in [0.29, 0.717) is 45.7 Å². The maximum absolute atomic E-state index is 15.1. The van der Waals surface area contributed by atoms with Gasteiger partial charge in [-0.3, -0.25) is 14.4 Å². The third kappa shape index (κ3) is 5.42. The lowest BCUT2D eigenvalue weighted by atomic mass is 10.1. The summed E-state index contributed by atoms with van der Waals surface area (Å²) in [6.07, 6.45) is 5.13. The fraction of sp³-hybridized carbons (Fsp3) is 0.267. The zero-order valence-electron chi connectivity index (χ0n) is 23.3. The SMILES string of the molecule is CC1=C(c2cc3cnc(Nc4ccc(N5CCNCC5)c(F)c4)nc3n(Cc3ccccc3S(C)(=O)=O)c2=O)N=CC1. The quantitative estimate of drug-likeness (QED) is 0.336. The number of rotatable bonds is 7. The van der Waals surface area contributed by atoms with Crippen molar-refractivity contribution in [1.82, 2.24) is 19.9 Å². The molecule has 0 atom stereocenters. The Bertz CT molecular complexity index is 1930. The number of fused-ring (bicyclic) bond motifs is 1. The van der Waals surface area contributed by atoms with E-state index >= 15 is 4.39 Å². The van der Waals surface area contributed by atoms with Crippen molar-refractivity contribution in [3.8, 4) is 0 Å². The molecule has 0 unspecified atom stereocenters. The number of sulfone groups is 1. The van der Waals surface area contributed by atoms with E-state index in [1.807, 2.05) is 11.8 Å². The highest BCUT2D eigenvalue weighted by Gasteiger charge is 2.21. The van der Waals surface area contributed by atoms with Gasteiger partial charge in [-0.2, -0.15) is 4.98 Å². The molecule has 12 heteroatoms. The molecule has 1 fully saturated rings. The van der Waals surface area contributed by atoms with Gasteiger partial charge in [0.05, 0.1) is 28.4 Å². The lowest BCUT2D eigenvalue weighted by molar-refractivity contribution is 0.566.